The van der Waals surface area contributed by atoms with Crippen molar-refractivity contribution in [3.8, 4) is 5.75 Å². The predicted octanol–water partition coefficient (Wildman–Crippen LogP) is 4.68. The van der Waals surface area contributed by atoms with E-state index in [2.05, 4.69) is 17.3 Å². The Morgan fingerprint density at radius 2 is 2.04 bits per heavy atom. The molecular weight excluding hydrogens is 326 g/mol. The maximum atomic E-state index is 9.00. The van der Waals surface area contributed by atoms with Crippen LogP contribution in [-0.4, -0.2) is 23.2 Å². The summed E-state index contributed by atoms with van der Waals surface area (Å²) in [5.74, 6) is 1.16. The number of carboxylic acids is 1. The number of aromatic nitrogens is 1. The fraction of sp³-hybridized carbons (Fsp3) is 0.333. The number of carbonyl (C=O) groups is 1. The van der Waals surface area contributed by atoms with Crippen molar-refractivity contribution in [1.29, 1.82) is 0 Å². The van der Waals surface area contributed by atoms with E-state index in [0.717, 1.165) is 37.0 Å². The number of hydrogen-bond donors (Lipinski definition) is 1. The third kappa shape index (κ3) is 7.78. The molecule has 5 nitrogen and oxygen atoms in total. The number of methoxy groups -OCH3 is 1. The van der Waals surface area contributed by atoms with E-state index in [1.807, 2.05) is 35.8 Å². The van der Waals surface area contributed by atoms with Crippen LogP contribution in [0, 0.1) is 0 Å². The summed E-state index contributed by atoms with van der Waals surface area (Å²) in [7, 11) is 1.64. The minimum atomic E-state index is -0.833. The topological polar surface area (TPSA) is 68.7 Å². The van der Waals surface area contributed by atoms with E-state index in [1.54, 1.807) is 24.7 Å². The third-order valence-electron chi connectivity index (χ3n) is 3.05. The van der Waals surface area contributed by atoms with Crippen LogP contribution < -0.4 is 4.74 Å². The van der Waals surface area contributed by atoms with E-state index in [0.29, 0.717) is 5.92 Å². The molecule has 1 heterocycles. The highest BCUT2D eigenvalue weighted by Gasteiger charge is 2.15. The van der Waals surface area contributed by atoms with Crippen molar-refractivity contribution in [2.24, 2.45) is 0 Å². The van der Waals surface area contributed by atoms with Crippen molar-refractivity contribution in [3.63, 3.8) is 0 Å². The molecule has 1 aromatic carbocycles. The summed E-state index contributed by atoms with van der Waals surface area (Å²) in [5, 5.41) is 9.51. The molecule has 2 rings (SSSR count). The van der Waals surface area contributed by atoms with Crippen molar-refractivity contribution in [2.45, 2.75) is 32.6 Å². The highest BCUT2D eigenvalue weighted by atomic mass is 32.1. The van der Waals surface area contributed by atoms with Crippen molar-refractivity contribution in [3.05, 3.63) is 58.9 Å². The molecule has 1 aromatic heterocycles. The lowest BCUT2D eigenvalue weighted by atomic mass is 9.98. The highest BCUT2D eigenvalue weighted by Crippen LogP contribution is 2.28. The van der Waals surface area contributed by atoms with E-state index in [4.69, 9.17) is 19.4 Å². The minimum Gasteiger partial charge on any atom is -0.501 e. The number of rotatable bonds is 7. The first-order valence-corrected chi connectivity index (χ1v) is 8.53. The molecule has 0 spiro atoms. The lowest BCUT2D eigenvalue weighted by Crippen LogP contribution is -2.05. The molecule has 0 aliphatic heterocycles. The molecule has 1 N–H and O–H groups in total. The number of benzene rings is 1. The van der Waals surface area contributed by atoms with Gasteiger partial charge in [-0.3, -0.25) is 4.79 Å². The fourth-order valence-corrected chi connectivity index (χ4v) is 2.65. The lowest BCUT2D eigenvalue weighted by molar-refractivity contribution is -0.134. The summed E-state index contributed by atoms with van der Waals surface area (Å²) in [6.07, 6.45) is 3.47. The SMILES string of the molecule is CC(=O)O.CCC(CC(=COC)Oc1ccccc1)c1cscn1. The molecule has 130 valence electrons. The monoisotopic (exact) mass is 349 g/mol. The number of para-hydroxylation sites is 1. The van der Waals surface area contributed by atoms with Crippen LogP contribution in [0.25, 0.3) is 0 Å². The third-order valence-corrected chi connectivity index (χ3v) is 3.66. The number of carboxylic acid groups (broad SMARTS) is 1. The molecule has 0 aliphatic rings. The van der Waals surface area contributed by atoms with Crippen LogP contribution in [0.5, 0.6) is 5.75 Å². The number of aliphatic carboxylic acids is 1. The maximum absolute atomic E-state index is 9.00. The average Bonchev–Trinajstić information content (AvgIpc) is 3.07. The van der Waals surface area contributed by atoms with Gasteiger partial charge in [-0.05, 0) is 18.6 Å². The number of thiazole rings is 1. The van der Waals surface area contributed by atoms with E-state index in [1.165, 1.54) is 0 Å². The average molecular weight is 349 g/mol. The summed E-state index contributed by atoms with van der Waals surface area (Å²) in [5.41, 5.74) is 2.99. The molecular formula is C18H23NO4S. The number of allylic oxidation sites excluding steroid dienone is 1. The second-order valence-electron chi connectivity index (χ2n) is 4.98. The van der Waals surface area contributed by atoms with E-state index < -0.39 is 5.97 Å². The maximum Gasteiger partial charge on any atom is 0.300 e. The molecule has 24 heavy (non-hydrogen) atoms. The molecule has 1 atom stereocenters. The van der Waals surface area contributed by atoms with Crippen molar-refractivity contribution in [1.82, 2.24) is 4.98 Å². The minimum absolute atomic E-state index is 0.353. The summed E-state index contributed by atoms with van der Waals surface area (Å²) < 4.78 is 11.0. The second-order valence-corrected chi connectivity index (χ2v) is 5.70. The Kier molecular flexibility index (Phi) is 9.23. The van der Waals surface area contributed by atoms with Gasteiger partial charge >= 0.3 is 0 Å². The van der Waals surface area contributed by atoms with Crippen LogP contribution >= 0.6 is 11.3 Å². The van der Waals surface area contributed by atoms with Gasteiger partial charge in [-0.2, -0.15) is 0 Å². The van der Waals surface area contributed by atoms with Gasteiger partial charge in [-0.1, -0.05) is 25.1 Å². The Labute approximate surface area is 146 Å². The molecule has 6 heteroatoms. The summed E-state index contributed by atoms with van der Waals surface area (Å²) in [6, 6.07) is 9.76. The number of nitrogens with zero attached hydrogens (tertiary/aromatic N) is 1. The van der Waals surface area contributed by atoms with Crippen LogP contribution in [0.2, 0.25) is 0 Å². The summed E-state index contributed by atoms with van der Waals surface area (Å²) in [4.78, 5) is 13.4. The highest BCUT2D eigenvalue weighted by molar-refractivity contribution is 7.07. The van der Waals surface area contributed by atoms with Crippen molar-refractivity contribution >= 4 is 17.3 Å². The zero-order valence-electron chi connectivity index (χ0n) is 14.1. The van der Waals surface area contributed by atoms with Gasteiger partial charge in [-0.15, -0.1) is 11.3 Å². The standard InChI is InChI=1S/C16H19NO2S.C2H4O2/c1-3-13(16-11-20-12-17-16)9-15(10-18-2)19-14-7-5-4-6-8-14;1-2(3)4/h4-8,10-13H,3,9H2,1-2H3;1H3,(H,3,4). The fourth-order valence-electron chi connectivity index (χ4n) is 2.01. The molecule has 0 aliphatic carbocycles. The molecule has 0 fully saturated rings. The van der Waals surface area contributed by atoms with E-state index in [9.17, 15) is 0 Å². The van der Waals surface area contributed by atoms with Crippen LogP contribution in [-0.2, 0) is 9.53 Å². The van der Waals surface area contributed by atoms with Gasteiger partial charge in [0, 0.05) is 24.6 Å². The Balaban J connectivity index is 0.000000648. The zero-order valence-corrected chi connectivity index (χ0v) is 15.0. The summed E-state index contributed by atoms with van der Waals surface area (Å²) >= 11 is 1.63. The van der Waals surface area contributed by atoms with Gasteiger partial charge in [0.25, 0.3) is 5.97 Å². The van der Waals surface area contributed by atoms with Crippen molar-refractivity contribution < 1.29 is 19.4 Å². The van der Waals surface area contributed by atoms with Crippen LogP contribution in [0.3, 0.4) is 0 Å². The largest absolute Gasteiger partial charge is 0.501 e. The Morgan fingerprint density at radius 1 is 1.38 bits per heavy atom. The molecule has 2 aromatic rings. The molecule has 0 amide bonds. The first kappa shape index (κ1) is 19.7. The number of hydrogen-bond acceptors (Lipinski definition) is 5. The Morgan fingerprint density at radius 3 is 2.54 bits per heavy atom. The molecule has 0 saturated heterocycles. The second kappa shape index (κ2) is 11.2. The van der Waals surface area contributed by atoms with E-state index >= 15 is 0 Å². The molecule has 1 unspecified atom stereocenters. The van der Waals surface area contributed by atoms with Crippen molar-refractivity contribution in [2.75, 3.05) is 7.11 Å². The Hall–Kier alpha value is -2.34. The van der Waals surface area contributed by atoms with Gasteiger partial charge in [-0.25, -0.2) is 4.98 Å². The molecule has 0 bridgehead atoms. The molecule has 0 radical (unpaired) electrons. The number of ether oxygens (including phenoxy) is 2. The normalized spacial score (nSPS) is 11.9. The molecule has 0 saturated carbocycles. The quantitative estimate of drug-likeness (QED) is 0.735. The van der Waals surface area contributed by atoms with Crippen LogP contribution in [0.1, 0.15) is 38.3 Å². The van der Waals surface area contributed by atoms with Crippen LogP contribution in [0.15, 0.2) is 53.2 Å². The van der Waals surface area contributed by atoms with E-state index in [-0.39, 0.29) is 0 Å². The zero-order chi connectivity index (χ0) is 17.8. The lowest BCUT2D eigenvalue weighted by Gasteiger charge is -2.15. The Bertz CT molecular complexity index is 607. The van der Waals surface area contributed by atoms with Gasteiger partial charge < -0.3 is 14.6 Å². The van der Waals surface area contributed by atoms with Gasteiger partial charge in [0.2, 0.25) is 0 Å². The first-order valence-electron chi connectivity index (χ1n) is 7.59. The summed E-state index contributed by atoms with van der Waals surface area (Å²) in [6.45, 7) is 3.25. The van der Waals surface area contributed by atoms with Gasteiger partial charge in [0.05, 0.1) is 18.3 Å². The predicted molar refractivity (Wildman–Crippen MR) is 95.2 cm³/mol. The van der Waals surface area contributed by atoms with Gasteiger partial charge in [0.15, 0.2) is 0 Å². The first-order chi connectivity index (χ1) is 11.6. The van der Waals surface area contributed by atoms with Crippen LogP contribution in [0.4, 0.5) is 0 Å². The van der Waals surface area contributed by atoms with Gasteiger partial charge in [0.1, 0.15) is 17.8 Å². The smallest absolute Gasteiger partial charge is 0.300 e.